The van der Waals surface area contributed by atoms with E-state index in [1.807, 2.05) is 18.2 Å². The minimum Gasteiger partial charge on any atom is -0.504 e. The van der Waals surface area contributed by atoms with Gasteiger partial charge in [0.15, 0.2) is 35.4 Å². The van der Waals surface area contributed by atoms with E-state index in [0.29, 0.717) is 23.3 Å². The summed E-state index contributed by atoms with van der Waals surface area (Å²) in [6.45, 7) is 0.252. The number of phenols is 2. The van der Waals surface area contributed by atoms with Crippen LogP contribution in [-0.2, 0) is 30.2 Å². The molecule has 0 radical (unpaired) electrons. The first kappa shape index (κ1) is 28.2. The predicted octanol–water partition coefficient (Wildman–Crippen LogP) is 4.56. The first-order valence-corrected chi connectivity index (χ1v) is 12.6. The number of methoxy groups -OCH3 is 4. The number of benzene rings is 3. The molecule has 0 aromatic heterocycles. The van der Waals surface area contributed by atoms with Gasteiger partial charge in [-0.15, -0.1) is 0 Å². The van der Waals surface area contributed by atoms with E-state index in [1.165, 1.54) is 27.4 Å². The van der Waals surface area contributed by atoms with Gasteiger partial charge in [-0.1, -0.05) is 42.5 Å². The topological polar surface area (TPSA) is 113 Å². The lowest BCUT2D eigenvalue weighted by atomic mass is 9.82. The fraction of sp³-hybridized carbons (Fsp3) is 0.367. The highest BCUT2D eigenvalue weighted by atomic mass is 16.7. The van der Waals surface area contributed by atoms with Crippen LogP contribution in [0.5, 0.6) is 23.0 Å². The molecule has 1 aliphatic heterocycles. The molecule has 3 aromatic carbocycles. The van der Waals surface area contributed by atoms with Gasteiger partial charge in [0.05, 0.1) is 20.8 Å². The Labute approximate surface area is 227 Å². The minimum atomic E-state index is -0.937. The van der Waals surface area contributed by atoms with Crippen molar-refractivity contribution >= 4 is 5.97 Å². The number of phenolic OH excluding ortho intramolecular Hbond substituents is 2. The molecule has 0 aliphatic carbocycles. The Balaban J connectivity index is 1.71. The molecular formula is C30H34O9. The lowest BCUT2D eigenvalue weighted by molar-refractivity contribution is -0.166. The Bertz CT molecular complexity index is 1250. The quantitative estimate of drug-likeness (QED) is 0.339. The van der Waals surface area contributed by atoms with Crippen molar-refractivity contribution in [3.8, 4) is 23.0 Å². The zero-order valence-corrected chi connectivity index (χ0v) is 22.4. The van der Waals surface area contributed by atoms with Crippen molar-refractivity contribution < 1.29 is 43.4 Å². The SMILES string of the molecule is COc1cc(C[C@H]2[C@H](OC)OC[C@@H]2[C@H](OC(=O)[C@H](OC)c2ccccc2)c2ccc(O)c(OC)c2)ccc1O. The number of rotatable bonds is 11. The van der Waals surface area contributed by atoms with Gasteiger partial charge < -0.3 is 38.6 Å². The molecule has 1 aliphatic rings. The lowest BCUT2D eigenvalue weighted by Crippen LogP contribution is -2.31. The van der Waals surface area contributed by atoms with E-state index in [4.69, 9.17) is 28.4 Å². The second kappa shape index (κ2) is 12.8. The second-order valence-corrected chi connectivity index (χ2v) is 9.29. The number of carbonyl (C=O) groups excluding carboxylic acids is 1. The van der Waals surface area contributed by atoms with Gasteiger partial charge in [-0.25, -0.2) is 4.79 Å². The van der Waals surface area contributed by atoms with Crippen LogP contribution in [0.3, 0.4) is 0 Å². The largest absolute Gasteiger partial charge is 0.504 e. The molecular weight excluding hydrogens is 504 g/mol. The Morgan fingerprint density at radius 1 is 0.897 bits per heavy atom. The number of ether oxygens (including phenoxy) is 6. The molecule has 3 aromatic rings. The Morgan fingerprint density at radius 2 is 1.56 bits per heavy atom. The summed E-state index contributed by atoms with van der Waals surface area (Å²) in [7, 11) is 5.97. The third kappa shape index (κ3) is 6.27. The Hall–Kier alpha value is -3.79. The summed E-state index contributed by atoms with van der Waals surface area (Å²) in [6.07, 6.45) is -1.79. The maximum absolute atomic E-state index is 13.5. The average molecular weight is 539 g/mol. The summed E-state index contributed by atoms with van der Waals surface area (Å²) >= 11 is 0. The molecule has 1 fully saturated rings. The van der Waals surface area contributed by atoms with Crippen LogP contribution in [0.4, 0.5) is 0 Å². The van der Waals surface area contributed by atoms with E-state index in [0.717, 1.165) is 5.56 Å². The summed E-state index contributed by atoms with van der Waals surface area (Å²) in [5.41, 5.74) is 2.18. The Morgan fingerprint density at radius 3 is 2.21 bits per heavy atom. The van der Waals surface area contributed by atoms with E-state index in [2.05, 4.69) is 0 Å². The summed E-state index contributed by atoms with van der Waals surface area (Å²) in [5, 5.41) is 20.3. The lowest BCUT2D eigenvalue weighted by Gasteiger charge is -2.30. The van der Waals surface area contributed by atoms with Crippen molar-refractivity contribution in [2.45, 2.75) is 24.9 Å². The van der Waals surface area contributed by atoms with Gasteiger partial charge in [0, 0.05) is 26.1 Å². The zero-order chi connectivity index (χ0) is 27.9. The first-order valence-electron chi connectivity index (χ1n) is 12.6. The van der Waals surface area contributed by atoms with Gasteiger partial charge in [0.1, 0.15) is 6.10 Å². The monoisotopic (exact) mass is 538 g/mol. The number of esters is 1. The summed E-state index contributed by atoms with van der Waals surface area (Å²) in [4.78, 5) is 13.5. The molecule has 0 saturated carbocycles. The smallest absolute Gasteiger partial charge is 0.340 e. The number of carbonyl (C=O) groups is 1. The van der Waals surface area contributed by atoms with Crippen molar-refractivity contribution in [1.82, 2.24) is 0 Å². The van der Waals surface area contributed by atoms with Crippen LogP contribution in [0, 0.1) is 11.8 Å². The maximum Gasteiger partial charge on any atom is 0.340 e. The number of hydrogen-bond donors (Lipinski definition) is 2. The van der Waals surface area contributed by atoms with Crippen molar-refractivity contribution in [2.24, 2.45) is 11.8 Å². The van der Waals surface area contributed by atoms with E-state index >= 15 is 0 Å². The highest BCUT2D eigenvalue weighted by molar-refractivity contribution is 5.77. The Kier molecular flexibility index (Phi) is 9.29. The van der Waals surface area contributed by atoms with Gasteiger partial charge in [-0.2, -0.15) is 0 Å². The molecule has 1 heterocycles. The van der Waals surface area contributed by atoms with Crippen LogP contribution in [0.25, 0.3) is 0 Å². The predicted molar refractivity (Wildman–Crippen MR) is 142 cm³/mol. The second-order valence-electron chi connectivity index (χ2n) is 9.29. The van der Waals surface area contributed by atoms with Crippen LogP contribution < -0.4 is 9.47 Å². The van der Waals surface area contributed by atoms with Gasteiger partial charge in [0.25, 0.3) is 0 Å². The van der Waals surface area contributed by atoms with Crippen LogP contribution in [-0.4, -0.2) is 57.5 Å². The summed E-state index contributed by atoms with van der Waals surface area (Å²) in [5.74, 6) is -0.516. The minimum absolute atomic E-state index is 0.0319. The molecule has 0 spiro atoms. The van der Waals surface area contributed by atoms with Crippen LogP contribution in [0.2, 0.25) is 0 Å². The van der Waals surface area contributed by atoms with E-state index in [9.17, 15) is 15.0 Å². The van der Waals surface area contributed by atoms with E-state index in [-0.39, 0.29) is 35.7 Å². The molecule has 9 heteroatoms. The normalized spacial score (nSPS) is 20.3. The molecule has 2 N–H and O–H groups in total. The molecule has 208 valence electrons. The molecule has 5 atom stereocenters. The van der Waals surface area contributed by atoms with Crippen LogP contribution in [0.15, 0.2) is 66.7 Å². The molecule has 39 heavy (non-hydrogen) atoms. The molecule has 0 bridgehead atoms. The molecule has 9 nitrogen and oxygen atoms in total. The van der Waals surface area contributed by atoms with Gasteiger partial charge in [-0.05, 0) is 47.4 Å². The fourth-order valence-electron chi connectivity index (χ4n) is 5.04. The third-order valence-electron chi connectivity index (χ3n) is 7.02. The highest BCUT2D eigenvalue weighted by Crippen LogP contribution is 2.44. The van der Waals surface area contributed by atoms with Crippen LogP contribution in [0.1, 0.15) is 28.9 Å². The first-order chi connectivity index (χ1) is 18.9. The van der Waals surface area contributed by atoms with E-state index < -0.39 is 24.5 Å². The average Bonchev–Trinajstić information content (AvgIpc) is 3.36. The van der Waals surface area contributed by atoms with Crippen molar-refractivity contribution in [3.05, 3.63) is 83.4 Å². The summed E-state index contributed by atoms with van der Waals surface area (Å²) in [6, 6.07) is 19.1. The molecule has 1 saturated heterocycles. The van der Waals surface area contributed by atoms with Crippen molar-refractivity contribution in [1.29, 1.82) is 0 Å². The highest BCUT2D eigenvalue weighted by Gasteiger charge is 2.45. The molecule has 0 unspecified atom stereocenters. The van der Waals surface area contributed by atoms with Gasteiger partial charge >= 0.3 is 5.97 Å². The van der Waals surface area contributed by atoms with E-state index in [1.54, 1.807) is 49.6 Å². The van der Waals surface area contributed by atoms with Gasteiger partial charge in [-0.3, -0.25) is 0 Å². The van der Waals surface area contributed by atoms with Crippen molar-refractivity contribution in [3.63, 3.8) is 0 Å². The van der Waals surface area contributed by atoms with Crippen LogP contribution >= 0.6 is 0 Å². The van der Waals surface area contributed by atoms with Crippen molar-refractivity contribution in [2.75, 3.05) is 35.0 Å². The zero-order valence-electron chi connectivity index (χ0n) is 22.4. The number of hydrogen-bond acceptors (Lipinski definition) is 9. The molecule has 0 amide bonds. The molecule has 4 rings (SSSR count). The fourth-order valence-corrected chi connectivity index (χ4v) is 5.04. The van der Waals surface area contributed by atoms with Gasteiger partial charge in [0.2, 0.25) is 0 Å². The summed E-state index contributed by atoms with van der Waals surface area (Å²) < 4.78 is 34.0. The number of aromatic hydroxyl groups is 2. The maximum atomic E-state index is 13.5. The standard InChI is InChI=1S/C30H34O9/c1-34-25-15-18(10-12-23(25)31)14-21-22(17-38-30(21)37-4)27(20-11-13-24(32)26(16-20)35-2)39-29(33)28(36-3)19-8-6-5-7-9-19/h5-13,15-16,21-22,27-28,30-32H,14,17H2,1-4H3/t21-,22+,27-,28-,30-/m1/s1. The third-order valence-corrected chi connectivity index (χ3v) is 7.02.